The van der Waals surface area contributed by atoms with Gasteiger partial charge in [0.2, 0.25) is 0 Å². The average Bonchev–Trinajstić information content (AvgIpc) is 3.19. The van der Waals surface area contributed by atoms with Crippen LogP contribution in [0.3, 0.4) is 0 Å². The van der Waals surface area contributed by atoms with Crippen molar-refractivity contribution in [1.82, 2.24) is 30.2 Å². The number of hydrogen-bond acceptors (Lipinski definition) is 4. The highest BCUT2D eigenvalue weighted by Gasteiger charge is 2.13. The van der Waals surface area contributed by atoms with Crippen molar-refractivity contribution in [3.8, 4) is 0 Å². The number of nitrogens with zero attached hydrogens (tertiary/aromatic N) is 5. The molecule has 0 unspecified atom stereocenters. The van der Waals surface area contributed by atoms with Crippen molar-refractivity contribution in [2.45, 2.75) is 32.2 Å². The van der Waals surface area contributed by atoms with Crippen molar-refractivity contribution in [3.05, 3.63) is 59.9 Å². The standard InChI is InChI=1S/C15H18N6/c1-12(13-6-3-2-4-7-13)15-16-9-11-21(15)10-5-8-14-17-19-20-18-14/h2-4,6-7,9,11-12H,5,8,10H2,1H3,(H,17,18,19,20)/t12-/m1/s1. The molecule has 108 valence electrons. The van der Waals surface area contributed by atoms with Gasteiger partial charge in [-0.2, -0.15) is 5.21 Å². The first kappa shape index (κ1) is 13.5. The molecule has 6 heteroatoms. The lowest BCUT2D eigenvalue weighted by atomic mass is 10.0. The Labute approximate surface area is 123 Å². The van der Waals surface area contributed by atoms with Crippen molar-refractivity contribution >= 4 is 0 Å². The van der Waals surface area contributed by atoms with Gasteiger partial charge in [0.1, 0.15) is 5.82 Å². The van der Waals surface area contributed by atoms with Gasteiger partial charge < -0.3 is 4.57 Å². The maximum atomic E-state index is 4.52. The van der Waals surface area contributed by atoms with E-state index in [1.54, 1.807) is 0 Å². The third-order valence-corrected chi connectivity index (χ3v) is 3.62. The Hall–Kier alpha value is -2.50. The first-order valence-corrected chi connectivity index (χ1v) is 7.13. The average molecular weight is 282 g/mol. The minimum absolute atomic E-state index is 0.284. The zero-order valence-corrected chi connectivity index (χ0v) is 12.0. The van der Waals surface area contributed by atoms with E-state index in [-0.39, 0.29) is 5.92 Å². The molecule has 1 aromatic carbocycles. The Kier molecular flexibility index (Phi) is 4.04. The van der Waals surface area contributed by atoms with E-state index in [1.165, 1.54) is 5.56 Å². The molecule has 21 heavy (non-hydrogen) atoms. The fraction of sp³-hybridized carbons (Fsp3) is 0.333. The van der Waals surface area contributed by atoms with E-state index >= 15 is 0 Å². The Bertz CT molecular complexity index is 659. The summed E-state index contributed by atoms with van der Waals surface area (Å²) in [5.74, 6) is 2.13. The molecule has 0 amide bonds. The Morgan fingerprint density at radius 2 is 2.10 bits per heavy atom. The summed E-state index contributed by atoms with van der Waals surface area (Å²) in [6.45, 7) is 3.09. The van der Waals surface area contributed by atoms with Gasteiger partial charge in [0.05, 0.1) is 0 Å². The quantitative estimate of drug-likeness (QED) is 0.752. The minimum atomic E-state index is 0.284. The summed E-state index contributed by atoms with van der Waals surface area (Å²) in [7, 11) is 0. The number of aryl methyl sites for hydroxylation is 2. The number of rotatable bonds is 6. The van der Waals surface area contributed by atoms with Gasteiger partial charge in [-0.3, -0.25) is 0 Å². The molecule has 0 aliphatic rings. The molecule has 0 aliphatic carbocycles. The van der Waals surface area contributed by atoms with E-state index in [0.717, 1.165) is 31.0 Å². The molecule has 3 aromatic rings. The SMILES string of the molecule is C[C@H](c1ccccc1)c1nccn1CCCc1nn[nH]n1. The minimum Gasteiger partial charge on any atom is -0.334 e. The number of aromatic nitrogens is 6. The number of benzene rings is 1. The van der Waals surface area contributed by atoms with Crippen LogP contribution in [0, 0.1) is 0 Å². The first-order valence-electron chi connectivity index (χ1n) is 7.13. The molecule has 0 fully saturated rings. The smallest absolute Gasteiger partial charge is 0.174 e. The largest absolute Gasteiger partial charge is 0.334 e. The second-order valence-corrected chi connectivity index (χ2v) is 5.04. The molecule has 6 nitrogen and oxygen atoms in total. The van der Waals surface area contributed by atoms with Crippen LogP contribution >= 0.6 is 0 Å². The Morgan fingerprint density at radius 1 is 1.24 bits per heavy atom. The number of hydrogen-bond donors (Lipinski definition) is 1. The fourth-order valence-corrected chi connectivity index (χ4v) is 2.48. The van der Waals surface area contributed by atoms with Crippen molar-refractivity contribution in [2.24, 2.45) is 0 Å². The number of H-pyrrole nitrogens is 1. The topological polar surface area (TPSA) is 72.3 Å². The van der Waals surface area contributed by atoms with Crippen LogP contribution in [-0.2, 0) is 13.0 Å². The van der Waals surface area contributed by atoms with Gasteiger partial charge >= 0.3 is 0 Å². The van der Waals surface area contributed by atoms with Crippen molar-refractivity contribution in [3.63, 3.8) is 0 Å². The lowest BCUT2D eigenvalue weighted by Crippen LogP contribution is -2.08. The molecule has 0 spiro atoms. The van der Waals surface area contributed by atoms with E-state index in [1.807, 2.05) is 18.5 Å². The molecule has 0 bridgehead atoms. The van der Waals surface area contributed by atoms with Crippen LogP contribution in [0.4, 0.5) is 0 Å². The molecule has 0 saturated carbocycles. The van der Waals surface area contributed by atoms with Gasteiger partial charge in [-0.15, -0.1) is 10.2 Å². The summed E-state index contributed by atoms with van der Waals surface area (Å²) in [6, 6.07) is 10.4. The molecule has 3 rings (SSSR count). The molecule has 0 aliphatic heterocycles. The molecule has 0 saturated heterocycles. The van der Waals surface area contributed by atoms with Crippen LogP contribution in [0.15, 0.2) is 42.7 Å². The molecular weight excluding hydrogens is 264 g/mol. The molecule has 0 radical (unpaired) electrons. The van der Waals surface area contributed by atoms with Gasteiger partial charge in [-0.1, -0.05) is 42.5 Å². The van der Waals surface area contributed by atoms with Crippen LogP contribution in [0.1, 0.15) is 36.5 Å². The summed E-state index contributed by atoms with van der Waals surface area (Å²) in [5.41, 5.74) is 1.28. The summed E-state index contributed by atoms with van der Waals surface area (Å²) >= 11 is 0. The molecule has 1 N–H and O–H groups in total. The lowest BCUT2D eigenvalue weighted by Gasteiger charge is -2.14. The van der Waals surface area contributed by atoms with Gasteiger partial charge in [0.25, 0.3) is 0 Å². The molecule has 2 heterocycles. The monoisotopic (exact) mass is 282 g/mol. The van der Waals surface area contributed by atoms with E-state index in [0.29, 0.717) is 0 Å². The molecular formula is C15H18N6. The predicted molar refractivity (Wildman–Crippen MR) is 78.7 cm³/mol. The third kappa shape index (κ3) is 3.16. The Balaban J connectivity index is 1.66. The normalized spacial score (nSPS) is 12.4. The van der Waals surface area contributed by atoms with Crippen LogP contribution in [0.2, 0.25) is 0 Å². The predicted octanol–water partition coefficient (Wildman–Crippen LogP) is 2.18. The second kappa shape index (κ2) is 6.30. The summed E-state index contributed by atoms with van der Waals surface area (Å²) in [6.07, 6.45) is 5.67. The van der Waals surface area contributed by atoms with Crippen LogP contribution in [0.5, 0.6) is 0 Å². The highest BCUT2D eigenvalue weighted by Crippen LogP contribution is 2.22. The van der Waals surface area contributed by atoms with Crippen molar-refractivity contribution in [2.75, 3.05) is 0 Å². The van der Waals surface area contributed by atoms with E-state index in [9.17, 15) is 0 Å². The van der Waals surface area contributed by atoms with Gasteiger partial charge in [-0.05, 0) is 12.0 Å². The number of tetrazole rings is 1. The zero-order chi connectivity index (χ0) is 14.5. The fourth-order valence-electron chi connectivity index (χ4n) is 2.48. The maximum Gasteiger partial charge on any atom is 0.174 e. The van der Waals surface area contributed by atoms with Crippen molar-refractivity contribution < 1.29 is 0 Å². The van der Waals surface area contributed by atoms with Crippen molar-refractivity contribution in [1.29, 1.82) is 0 Å². The number of aromatic amines is 1. The molecule has 1 atom stereocenters. The van der Waals surface area contributed by atoms with Crippen LogP contribution in [0.25, 0.3) is 0 Å². The van der Waals surface area contributed by atoms with Crippen LogP contribution < -0.4 is 0 Å². The van der Waals surface area contributed by atoms with Gasteiger partial charge in [0, 0.05) is 31.3 Å². The summed E-state index contributed by atoms with van der Waals surface area (Å²) < 4.78 is 2.21. The van der Waals surface area contributed by atoms with E-state index in [2.05, 4.69) is 61.4 Å². The van der Waals surface area contributed by atoms with Gasteiger partial charge in [0.15, 0.2) is 5.82 Å². The highest BCUT2D eigenvalue weighted by molar-refractivity contribution is 5.24. The van der Waals surface area contributed by atoms with Gasteiger partial charge in [-0.25, -0.2) is 4.98 Å². The number of imidazole rings is 1. The third-order valence-electron chi connectivity index (χ3n) is 3.62. The Morgan fingerprint density at radius 3 is 2.86 bits per heavy atom. The summed E-state index contributed by atoms with van der Waals surface area (Å²) in [4.78, 5) is 4.52. The van der Waals surface area contributed by atoms with E-state index in [4.69, 9.17) is 0 Å². The second-order valence-electron chi connectivity index (χ2n) is 5.04. The lowest BCUT2D eigenvalue weighted by molar-refractivity contribution is 0.589. The summed E-state index contributed by atoms with van der Waals surface area (Å²) in [5, 5.41) is 14.0. The number of nitrogens with one attached hydrogen (secondary N) is 1. The van der Waals surface area contributed by atoms with Crippen LogP contribution in [-0.4, -0.2) is 30.2 Å². The van der Waals surface area contributed by atoms with E-state index < -0.39 is 0 Å². The first-order chi connectivity index (χ1) is 10.3. The molecule has 2 aromatic heterocycles. The zero-order valence-electron chi connectivity index (χ0n) is 12.0. The highest BCUT2D eigenvalue weighted by atomic mass is 15.5. The maximum absolute atomic E-state index is 4.52.